The van der Waals surface area contributed by atoms with Gasteiger partial charge in [0.15, 0.2) is 0 Å². The number of hydrogen-bond donors (Lipinski definition) is 2. The van der Waals surface area contributed by atoms with Crippen LogP contribution in [-0.4, -0.2) is 18.5 Å². The molecule has 0 fully saturated rings. The third kappa shape index (κ3) is 3.58. The summed E-state index contributed by atoms with van der Waals surface area (Å²) in [5.41, 5.74) is 6.41. The van der Waals surface area contributed by atoms with Gasteiger partial charge in [-0.3, -0.25) is 4.79 Å². The molecule has 1 atom stereocenters. The topological polar surface area (TPSA) is 55.1 Å². The minimum Gasteiger partial charge on any atom is -0.348 e. The first-order valence-electron chi connectivity index (χ1n) is 7.10. The zero-order valence-electron chi connectivity index (χ0n) is 12.1. The summed E-state index contributed by atoms with van der Waals surface area (Å²) in [7, 11) is 0. The number of benzene rings is 2. The lowest BCUT2D eigenvalue weighted by Gasteiger charge is -2.19. The Kier molecular flexibility index (Phi) is 4.74. The first kappa shape index (κ1) is 14.5. The lowest BCUT2D eigenvalue weighted by Crippen LogP contribution is -2.41. The Labute approximate surface area is 120 Å². The molecule has 106 valence electrons. The summed E-state index contributed by atoms with van der Waals surface area (Å²) in [5, 5.41) is 5.23. The predicted octanol–water partition coefficient (Wildman–Crippen LogP) is 2.94. The van der Waals surface area contributed by atoms with Gasteiger partial charge in [-0.1, -0.05) is 44.2 Å². The van der Waals surface area contributed by atoms with Crippen LogP contribution in [0.3, 0.4) is 0 Å². The predicted molar refractivity (Wildman–Crippen MR) is 83.7 cm³/mol. The molecule has 3 nitrogen and oxygen atoms in total. The fourth-order valence-electron chi connectivity index (χ4n) is 2.38. The van der Waals surface area contributed by atoms with Gasteiger partial charge in [-0.05, 0) is 35.2 Å². The summed E-state index contributed by atoms with van der Waals surface area (Å²) in [6, 6.07) is 13.8. The number of hydrogen-bond acceptors (Lipinski definition) is 2. The van der Waals surface area contributed by atoms with Gasteiger partial charge in [0.1, 0.15) is 0 Å². The van der Waals surface area contributed by atoms with Crippen molar-refractivity contribution in [1.29, 1.82) is 0 Å². The molecule has 20 heavy (non-hydrogen) atoms. The van der Waals surface area contributed by atoms with Crippen LogP contribution in [-0.2, 0) is 0 Å². The molecule has 0 heterocycles. The zero-order chi connectivity index (χ0) is 14.5. The molecule has 0 aliphatic carbocycles. The summed E-state index contributed by atoms with van der Waals surface area (Å²) < 4.78 is 0. The average Bonchev–Trinajstić information content (AvgIpc) is 2.45. The van der Waals surface area contributed by atoms with E-state index in [-0.39, 0.29) is 11.9 Å². The van der Waals surface area contributed by atoms with Crippen LogP contribution in [0.2, 0.25) is 0 Å². The Morgan fingerprint density at radius 3 is 2.50 bits per heavy atom. The van der Waals surface area contributed by atoms with Gasteiger partial charge in [0.05, 0.1) is 0 Å². The first-order chi connectivity index (χ1) is 9.60. The van der Waals surface area contributed by atoms with E-state index in [1.165, 1.54) is 0 Å². The van der Waals surface area contributed by atoms with E-state index in [0.717, 1.165) is 17.2 Å². The minimum atomic E-state index is -0.0492. The van der Waals surface area contributed by atoms with Gasteiger partial charge < -0.3 is 11.1 Å². The number of fused-ring (bicyclic) bond motifs is 1. The minimum absolute atomic E-state index is 0.0361. The van der Waals surface area contributed by atoms with Gasteiger partial charge in [-0.2, -0.15) is 0 Å². The highest BCUT2D eigenvalue weighted by Gasteiger charge is 2.14. The van der Waals surface area contributed by atoms with Crippen molar-refractivity contribution in [3.63, 3.8) is 0 Å². The average molecular weight is 270 g/mol. The monoisotopic (exact) mass is 270 g/mol. The fourth-order valence-corrected chi connectivity index (χ4v) is 2.38. The van der Waals surface area contributed by atoms with Gasteiger partial charge in [0.2, 0.25) is 0 Å². The quantitative estimate of drug-likeness (QED) is 0.877. The largest absolute Gasteiger partial charge is 0.348 e. The van der Waals surface area contributed by atoms with Gasteiger partial charge >= 0.3 is 0 Å². The third-order valence-corrected chi connectivity index (χ3v) is 3.39. The number of carbonyl (C=O) groups is 1. The molecule has 3 N–H and O–H groups in total. The van der Waals surface area contributed by atoms with Crippen molar-refractivity contribution in [3.05, 3.63) is 48.0 Å². The van der Waals surface area contributed by atoms with Crippen molar-refractivity contribution in [3.8, 4) is 0 Å². The standard InChI is InChI=1S/C17H22N2O/c1-12(2)9-16(11-18)19-17(20)15-8-7-13-5-3-4-6-14(13)10-15/h3-8,10,12,16H,9,11,18H2,1-2H3,(H,19,20). The second-order valence-corrected chi connectivity index (χ2v) is 5.60. The van der Waals surface area contributed by atoms with Crippen LogP contribution in [0, 0.1) is 5.92 Å². The number of nitrogens with two attached hydrogens (primary N) is 1. The van der Waals surface area contributed by atoms with Gasteiger partial charge in [0, 0.05) is 18.2 Å². The van der Waals surface area contributed by atoms with E-state index in [2.05, 4.69) is 19.2 Å². The van der Waals surface area contributed by atoms with E-state index in [0.29, 0.717) is 18.0 Å². The molecule has 2 aromatic rings. The molecule has 1 unspecified atom stereocenters. The Balaban J connectivity index is 2.14. The van der Waals surface area contributed by atoms with E-state index < -0.39 is 0 Å². The van der Waals surface area contributed by atoms with E-state index in [9.17, 15) is 4.79 Å². The van der Waals surface area contributed by atoms with Crippen molar-refractivity contribution in [2.45, 2.75) is 26.3 Å². The van der Waals surface area contributed by atoms with Crippen LogP contribution >= 0.6 is 0 Å². The molecule has 2 aromatic carbocycles. The molecule has 0 bridgehead atoms. The van der Waals surface area contributed by atoms with Crippen LogP contribution in [0.5, 0.6) is 0 Å². The highest BCUT2D eigenvalue weighted by atomic mass is 16.1. The summed E-state index contributed by atoms with van der Waals surface area (Å²) in [5.74, 6) is 0.465. The summed E-state index contributed by atoms with van der Waals surface area (Å²) in [6.45, 7) is 4.73. The number of amides is 1. The normalized spacial score (nSPS) is 12.6. The molecular weight excluding hydrogens is 248 g/mol. The maximum absolute atomic E-state index is 12.3. The fraction of sp³-hybridized carbons (Fsp3) is 0.353. The maximum Gasteiger partial charge on any atom is 0.251 e. The molecular formula is C17H22N2O. The number of nitrogens with one attached hydrogen (secondary N) is 1. The van der Waals surface area contributed by atoms with Crippen LogP contribution < -0.4 is 11.1 Å². The molecule has 0 spiro atoms. The Bertz CT molecular complexity index is 592. The van der Waals surface area contributed by atoms with E-state index in [4.69, 9.17) is 5.73 Å². The Morgan fingerprint density at radius 2 is 1.85 bits per heavy atom. The van der Waals surface area contributed by atoms with Crippen molar-refractivity contribution in [2.75, 3.05) is 6.54 Å². The van der Waals surface area contributed by atoms with E-state index >= 15 is 0 Å². The van der Waals surface area contributed by atoms with E-state index in [1.807, 2.05) is 42.5 Å². The van der Waals surface area contributed by atoms with E-state index in [1.54, 1.807) is 0 Å². The summed E-state index contributed by atoms with van der Waals surface area (Å²) in [6.07, 6.45) is 0.899. The van der Waals surface area contributed by atoms with Crippen LogP contribution in [0.15, 0.2) is 42.5 Å². The van der Waals surface area contributed by atoms with Crippen molar-refractivity contribution in [2.24, 2.45) is 11.7 Å². The SMILES string of the molecule is CC(C)CC(CN)NC(=O)c1ccc2ccccc2c1. The summed E-state index contributed by atoms with van der Waals surface area (Å²) in [4.78, 5) is 12.3. The lowest BCUT2D eigenvalue weighted by molar-refractivity contribution is 0.0934. The molecule has 0 aromatic heterocycles. The van der Waals surface area contributed by atoms with Crippen LogP contribution in [0.25, 0.3) is 10.8 Å². The molecule has 0 aliphatic heterocycles. The second-order valence-electron chi connectivity index (χ2n) is 5.60. The number of rotatable bonds is 5. The van der Waals surface area contributed by atoms with Crippen molar-refractivity contribution >= 4 is 16.7 Å². The van der Waals surface area contributed by atoms with Gasteiger partial charge in [0.25, 0.3) is 5.91 Å². The van der Waals surface area contributed by atoms with Crippen molar-refractivity contribution < 1.29 is 4.79 Å². The van der Waals surface area contributed by atoms with Gasteiger partial charge in [-0.15, -0.1) is 0 Å². The first-order valence-corrected chi connectivity index (χ1v) is 7.10. The lowest BCUT2D eigenvalue weighted by atomic mass is 10.0. The van der Waals surface area contributed by atoms with Crippen LogP contribution in [0.1, 0.15) is 30.6 Å². The molecule has 0 saturated heterocycles. The summed E-state index contributed by atoms with van der Waals surface area (Å²) >= 11 is 0. The molecule has 0 aliphatic rings. The molecule has 2 rings (SSSR count). The zero-order valence-corrected chi connectivity index (χ0v) is 12.1. The third-order valence-electron chi connectivity index (χ3n) is 3.39. The highest BCUT2D eigenvalue weighted by Crippen LogP contribution is 2.16. The molecule has 0 radical (unpaired) electrons. The molecule has 0 saturated carbocycles. The van der Waals surface area contributed by atoms with Gasteiger partial charge in [-0.25, -0.2) is 0 Å². The Hall–Kier alpha value is -1.87. The molecule has 3 heteroatoms. The van der Waals surface area contributed by atoms with Crippen molar-refractivity contribution in [1.82, 2.24) is 5.32 Å². The smallest absolute Gasteiger partial charge is 0.251 e. The van der Waals surface area contributed by atoms with Crippen LogP contribution in [0.4, 0.5) is 0 Å². The highest BCUT2D eigenvalue weighted by molar-refractivity contribution is 5.98. The maximum atomic E-state index is 12.3. The molecule has 1 amide bonds. The Morgan fingerprint density at radius 1 is 1.15 bits per heavy atom. The second kappa shape index (κ2) is 6.53. The number of carbonyl (C=O) groups excluding carboxylic acids is 1.